The fourth-order valence-electron chi connectivity index (χ4n) is 2.18. The van der Waals surface area contributed by atoms with Gasteiger partial charge in [-0.2, -0.15) is 0 Å². The minimum atomic E-state index is 0.124. The number of hydrogen-bond acceptors (Lipinski definition) is 4. The third kappa shape index (κ3) is 2.18. The lowest BCUT2D eigenvalue weighted by Gasteiger charge is -2.23. The summed E-state index contributed by atoms with van der Waals surface area (Å²) >= 11 is 0. The number of pyridine rings is 1. The van der Waals surface area contributed by atoms with Crippen molar-refractivity contribution in [2.75, 3.05) is 25.2 Å². The Morgan fingerprint density at radius 3 is 3.06 bits per heavy atom. The van der Waals surface area contributed by atoms with Crippen molar-refractivity contribution < 1.29 is 9.84 Å². The fourth-order valence-corrected chi connectivity index (χ4v) is 2.18. The van der Waals surface area contributed by atoms with Gasteiger partial charge in [0.15, 0.2) is 0 Å². The van der Waals surface area contributed by atoms with Gasteiger partial charge in [-0.3, -0.25) is 0 Å². The topological polar surface area (TPSA) is 45.6 Å². The second-order valence-corrected chi connectivity index (χ2v) is 4.27. The van der Waals surface area contributed by atoms with Crippen molar-refractivity contribution in [1.29, 1.82) is 0 Å². The molecule has 2 rings (SSSR count). The lowest BCUT2D eigenvalue weighted by atomic mass is 10.2. The van der Waals surface area contributed by atoms with Crippen LogP contribution in [0.25, 0.3) is 0 Å². The largest absolute Gasteiger partial charge is 0.394 e. The second-order valence-electron chi connectivity index (χ2n) is 4.27. The van der Waals surface area contributed by atoms with Crippen LogP contribution in [0.2, 0.25) is 0 Å². The molecule has 88 valence electrons. The Kier molecular flexibility index (Phi) is 3.41. The van der Waals surface area contributed by atoms with E-state index in [1.807, 2.05) is 19.1 Å². The summed E-state index contributed by atoms with van der Waals surface area (Å²) in [7, 11) is 1.71. The molecular formula is C12H18N2O2. The van der Waals surface area contributed by atoms with E-state index in [9.17, 15) is 5.11 Å². The number of methoxy groups -OCH3 is 1. The van der Waals surface area contributed by atoms with Gasteiger partial charge in [-0.25, -0.2) is 4.98 Å². The van der Waals surface area contributed by atoms with Crippen LogP contribution in [0.5, 0.6) is 0 Å². The molecule has 1 aromatic heterocycles. The summed E-state index contributed by atoms with van der Waals surface area (Å²) in [5.74, 6) is 0.929. The Balaban J connectivity index is 2.19. The lowest BCUT2D eigenvalue weighted by molar-refractivity contribution is 0.115. The zero-order chi connectivity index (χ0) is 11.5. The first-order valence-electron chi connectivity index (χ1n) is 5.57. The molecule has 1 saturated heterocycles. The number of aromatic nitrogens is 1. The van der Waals surface area contributed by atoms with Gasteiger partial charge in [-0.1, -0.05) is 0 Å². The van der Waals surface area contributed by atoms with E-state index in [4.69, 9.17) is 4.74 Å². The molecule has 1 aliphatic rings. The molecule has 0 radical (unpaired) electrons. The summed E-state index contributed by atoms with van der Waals surface area (Å²) in [4.78, 5) is 6.47. The molecule has 0 spiro atoms. The molecule has 2 atom stereocenters. The Hall–Kier alpha value is -1.13. The highest BCUT2D eigenvalue weighted by Crippen LogP contribution is 2.25. The molecule has 4 nitrogen and oxygen atoms in total. The zero-order valence-corrected chi connectivity index (χ0v) is 9.76. The van der Waals surface area contributed by atoms with Crippen LogP contribution in [0.15, 0.2) is 18.3 Å². The second kappa shape index (κ2) is 4.80. The maximum absolute atomic E-state index is 9.36. The van der Waals surface area contributed by atoms with E-state index < -0.39 is 0 Å². The highest BCUT2D eigenvalue weighted by atomic mass is 16.5. The number of aliphatic hydroxyl groups excluding tert-OH is 1. The molecule has 0 aliphatic carbocycles. The number of ether oxygens (including phenoxy) is 1. The maximum Gasteiger partial charge on any atom is 0.129 e. The van der Waals surface area contributed by atoms with Crippen LogP contribution in [-0.4, -0.2) is 42.5 Å². The summed E-state index contributed by atoms with van der Waals surface area (Å²) in [5.41, 5.74) is 1.18. The smallest absolute Gasteiger partial charge is 0.129 e. The quantitative estimate of drug-likeness (QED) is 0.828. The van der Waals surface area contributed by atoms with Crippen LogP contribution in [0.3, 0.4) is 0 Å². The predicted molar refractivity (Wildman–Crippen MR) is 62.6 cm³/mol. The molecule has 2 heterocycles. The normalized spacial score (nSPS) is 25.1. The Labute approximate surface area is 95.9 Å². The first kappa shape index (κ1) is 11.4. The van der Waals surface area contributed by atoms with Gasteiger partial charge >= 0.3 is 0 Å². The van der Waals surface area contributed by atoms with Crippen molar-refractivity contribution in [3.05, 3.63) is 23.9 Å². The van der Waals surface area contributed by atoms with Gasteiger partial charge < -0.3 is 14.7 Å². The third-order valence-electron chi connectivity index (χ3n) is 3.12. The third-order valence-corrected chi connectivity index (χ3v) is 3.12. The average molecular weight is 222 g/mol. The van der Waals surface area contributed by atoms with E-state index in [-0.39, 0.29) is 18.8 Å². The Morgan fingerprint density at radius 2 is 2.44 bits per heavy atom. The Morgan fingerprint density at radius 1 is 1.62 bits per heavy atom. The molecule has 0 unspecified atom stereocenters. The molecule has 0 aromatic carbocycles. The Bertz CT molecular complexity index is 357. The number of aliphatic hydroxyl groups is 1. The van der Waals surface area contributed by atoms with E-state index in [0.717, 1.165) is 18.8 Å². The number of aryl methyl sites for hydroxylation is 1. The SMILES string of the molecule is CO[C@H]1C[C@@H](CO)N(c2cc(C)ccn2)C1. The van der Waals surface area contributed by atoms with Crippen LogP contribution in [0, 0.1) is 6.92 Å². The molecule has 1 aliphatic heterocycles. The fraction of sp³-hybridized carbons (Fsp3) is 0.583. The van der Waals surface area contributed by atoms with Gasteiger partial charge in [0.25, 0.3) is 0 Å². The maximum atomic E-state index is 9.36. The molecule has 0 amide bonds. The first-order valence-corrected chi connectivity index (χ1v) is 5.57. The highest BCUT2D eigenvalue weighted by molar-refractivity contribution is 5.43. The van der Waals surface area contributed by atoms with Crippen LogP contribution in [0.4, 0.5) is 5.82 Å². The van der Waals surface area contributed by atoms with Gasteiger partial charge in [0, 0.05) is 19.9 Å². The first-order chi connectivity index (χ1) is 7.74. The van der Waals surface area contributed by atoms with Crippen molar-refractivity contribution in [2.45, 2.75) is 25.5 Å². The highest BCUT2D eigenvalue weighted by Gasteiger charge is 2.32. The minimum absolute atomic E-state index is 0.124. The van der Waals surface area contributed by atoms with Gasteiger partial charge in [0.05, 0.1) is 18.8 Å². The number of nitrogens with zero attached hydrogens (tertiary/aromatic N) is 2. The van der Waals surface area contributed by atoms with Crippen molar-refractivity contribution in [3.63, 3.8) is 0 Å². The summed E-state index contributed by atoms with van der Waals surface area (Å²) < 4.78 is 5.34. The number of rotatable bonds is 3. The van der Waals surface area contributed by atoms with E-state index in [2.05, 4.69) is 9.88 Å². The van der Waals surface area contributed by atoms with Crippen molar-refractivity contribution in [2.24, 2.45) is 0 Å². The lowest BCUT2D eigenvalue weighted by Crippen LogP contribution is -2.33. The molecule has 1 fully saturated rings. The van der Waals surface area contributed by atoms with Crippen molar-refractivity contribution in [3.8, 4) is 0 Å². The van der Waals surface area contributed by atoms with Crippen LogP contribution >= 0.6 is 0 Å². The molecular weight excluding hydrogens is 204 g/mol. The zero-order valence-electron chi connectivity index (χ0n) is 9.76. The van der Waals surface area contributed by atoms with Crippen molar-refractivity contribution >= 4 is 5.82 Å². The van der Waals surface area contributed by atoms with Gasteiger partial charge in [-0.05, 0) is 31.0 Å². The standard InChI is InChI=1S/C12H18N2O2/c1-9-3-4-13-12(5-9)14-7-11(16-2)6-10(14)8-15/h3-5,10-11,15H,6-8H2,1-2H3/t10-,11-/m0/s1. The van der Waals surface area contributed by atoms with E-state index in [1.54, 1.807) is 13.3 Å². The predicted octanol–water partition coefficient (Wildman–Crippen LogP) is 0.976. The summed E-state index contributed by atoms with van der Waals surface area (Å²) in [6, 6.07) is 4.14. The molecule has 16 heavy (non-hydrogen) atoms. The van der Waals surface area contributed by atoms with Gasteiger partial charge in [0.1, 0.15) is 5.82 Å². The van der Waals surface area contributed by atoms with Crippen LogP contribution in [0.1, 0.15) is 12.0 Å². The van der Waals surface area contributed by atoms with Crippen LogP contribution in [-0.2, 0) is 4.74 Å². The molecule has 0 bridgehead atoms. The molecule has 0 saturated carbocycles. The number of hydrogen-bond donors (Lipinski definition) is 1. The van der Waals surface area contributed by atoms with Crippen LogP contribution < -0.4 is 4.90 Å². The van der Waals surface area contributed by atoms with Gasteiger partial charge in [0.2, 0.25) is 0 Å². The monoisotopic (exact) mass is 222 g/mol. The number of anilines is 1. The average Bonchev–Trinajstić information content (AvgIpc) is 2.72. The molecule has 4 heteroatoms. The summed E-state index contributed by atoms with van der Waals surface area (Å²) in [5, 5.41) is 9.36. The molecule has 1 aromatic rings. The van der Waals surface area contributed by atoms with Gasteiger partial charge in [-0.15, -0.1) is 0 Å². The van der Waals surface area contributed by atoms with E-state index >= 15 is 0 Å². The van der Waals surface area contributed by atoms with Crippen molar-refractivity contribution in [1.82, 2.24) is 4.98 Å². The summed E-state index contributed by atoms with van der Waals surface area (Å²) in [6.45, 7) is 3.00. The summed E-state index contributed by atoms with van der Waals surface area (Å²) in [6.07, 6.45) is 2.86. The minimum Gasteiger partial charge on any atom is -0.394 e. The molecule has 1 N–H and O–H groups in total. The van der Waals surface area contributed by atoms with E-state index in [1.165, 1.54) is 5.56 Å². The van der Waals surface area contributed by atoms with E-state index in [0.29, 0.717) is 0 Å².